The number of hydrogen-bond donors (Lipinski definition) is 1. The minimum absolute atomic E-state index is 0.0923. The van der Waals surface area contributed by atoms with Crippen molar-refractivity contribution in [2.75, 3.05) is 52.5 Å². The standard InChI is InChI=1S/C23H55N3O2Si2/c1-9-22(21-24-17-20-29-23(27-12-4)28-13-5)26(19-18-25(10-2)11-3)30(14-6,15-7)16-8/h22-24H,9-21,29H2,1-8H3. The Hall–Kier alpha value is 0.234. The van der Waals surface area contributed by atoms with Gasteiger partial charge in [-0.3, -0.25) is 0 Å². The first-order valence-corrected chi connectivity index (χ1v) is 17.3. The number of nitrogens with zero attached hydrogens (tertiary/aromatic N) is 2. The summed E-state index contributed by atoms with van der Waals surface area (Å²) in [6, 6.07) is 5.99. The summed E-state index contributed by atoms with van der Waals surface area (Å²) in [5, 5.41) is 3.81. The van der Waals surface area contributed by atoms with E-state index in [2.05, 4.69) is 70.2 Å². The smallest absolute Gasteiger partial charge is 0.134 e. The van der Waals surface area contributed by atoms with Gasteiger partial charge in [0.2, 0.25) is 0 Å². The number of ether oxygens (including phenoxy) is 2. The molecule has 7 heteroatoms. The predicted molar refractivity (Wildman–Crippen MR) is 139 cm³/mol. The van der Waals surface area contributed by atoms with Gasteiger partial charge in [0.05, 0.1) is 9.52 Å². The van der Waals surface area contributed by atoms with Crippen molar-refractivity contribution < 1.29 is 9.47 Å². The highest BCUT2D eigenvalue weighted by atomic mass is 28.3. The van der Waals surface area contributed by atoms with Gasteiger partial charge in [-0.25, -0.2) is 0 Å². The lowest BCUT2D eigenvalue weighted by molar-refractivity contribution is -0.0827. The topological polar surface area (TPSA) is 37.0 Å². The Balaban J connectivity index is 4.91. The highest BCUT2D eigenvalue weighted by Gasteiger charge is 2.37. The third-order valence-electron chi connectivity index (χ3n) is 6.93. The zero-order valence-electron chi connectivity index (χ0n) is 21.8. The molecule has 0 bridgehead atoms. The molecule has 5 nitrogen and oxygen atoms in total. The van der Waals surface area contributed by atoms with Crippen LogP contribution in [0.4, 0.5) is 0 Å². The van der Waals surface area contributed by atoms with E-state index < -0.39 is 8.24 Å². The maximum atomic E-state index is 5.74. The van der Waals surface area contributed by atoms with Gasteiger partial charge >= 0.3 is 0 Å². The zero-order chi connectivity index (χ0) is 22.8. The fraction of sp³-hybridized carbons (Fsp3) is 1.00. The molecular weight excluding hydrogens is 406 g/mol. The molecule has 0 aromatic heterocycles. The van der Waals surface area contributed by atoms with Crippen LogP contribution >= 0.6 is 0 Å². The Morgan fingerprint density at radius 2 is 1.40 bits per heavy atom. The summed E-state index contributed by atoms with van der Waals surface area (Å²) >= 11 is 0. The van der Waals surface area contributed by atoms with Crippen LogP contribution in [0.1, 0.15) is 61.8 Å². The number of likely N-dealkylation sites (N-methyl/N-ethyl adjacent to an activating group) is 1. The van der Waals surface area contributed by atoms with Crippen molar-refractivity contribution >= 4 is 17.8 Å². The normalized spacial score (nSPS) is 14.1. The minimum atomic E-state index is -1.40. The van der Waals surface area contributed by atoms with Crippen molar-refractivity contribution in [2.24, 2.45) is 0 Å². The first-order chi connectivity index (χ1) is 14.5. The molecule has 0 aromatic carbocycles. The van der Waals surface area contributed by atoms with Crippen LogP contribution in [0.2, 0.25) is 24.2 Å². The molecule has 1 N–H and O–H groups in total. The van der Waals surface area contributed by atoms with Gasteiger partial charge in [-0.15, -0.1) is 0 Å². The van der Waals surface area contributed by atoms with Crippen molar-refractivity contribution in [1.82, 2.24) is 14.8 Å². The van der Waals surface area contributed by atoms with E-state index in [1.54, 1.807) is 0 Å². The van der Waals surface area contributed by atoms with Crippen molar-refractivity contribution in [1.29, 1.82) is 0 Å². The van der Waals surface area contributed by atoms with Gasteiger partial charge in [-0.05, 0) is 64.1 Å². The average molecular weight is 462 g/mol. The molecule has 0 radical (unpaired) electrons. The molecule has 30 heavy (non-hydrogen) atoms. The lowest BCUT2D eigenvalue weighted by Gasteiger charge is -2.46. The van der Waals surface area contributed by atoms with E-state index in [9.17, 15) is 0 Å². The van der Waals surface area contributed by atoms with Crippen LogP contribution in [0.3, 0.4) is 0 Å². The number of hydrogen-bond acceptors (Lipinski definition) is 5. The lowest BCUT2D eigenvalue weighted by Crippen LogP contribution is -2.60. The Labute approximate surface area is 192 Å². The SMILES string of the molecule is CCOC(OCC)[SiH2]CCNCC(CC)N(CCN(CC)CC)[Si](CC)(CC)CC. The second-order valence-electron chi connectivity index (χ2n) is 8.25. The molecule has 0 aliphatic carbocycles. The maximum Gasteiger partial charge on any atom is 0.134 e. The molecule has 0 aliphatic rings. The number of nitrogens with one attached hydrogen (secondary N) is 1. The minimum Gasteiger partial charge on any atom is -0.357 e. The highest BCUT2D eigenvalue weighted by molar-refractivity contribution is 6.77. The summed E-state index contributed by atoms with van der Waals surface area (Å²) in [4.78, 5) is 2.58. The van der Waals surface area contributed by atoms with E-state index in [0.29, 0.717) is 6.04 Å². The van der Waals surface area contributed by atoms with E-state index in [4.69, 9.17) is 9.47 Å². The van der Waals surface area contributed by atoms with Crippen molar-refractivity contribution in [2.45, 2.75) is 97.9 Å². The summed E-state index contributed by atoms with van der Waals surface area (Å²) in [7, 11) is -1.75. The van der Waals surface area contributed by atoms with Crippen LogP contribution in [0.15, 0.2) is 0 Å². The van der Waals surface area contributed by atoms with E-state index in [1.807, 2.05) is 0 Å². The van der Waals surface area contributed by atoms with Gasteiger partial charge in [0, 0.05) is 38.9 Å². The Kier molecular flexibility index (Phi) is 18.9. The van der Waals surface area contributed by atoms with Gasteiger partial charge in [0.25, 0.3) is 0 Å². The van der Waals surface area contributed by atoms with E-state index in [1.165, 1.54) is 43.7 Å². The molecule has 0 amide bonds. The second kappa shape index (κ2) is 18.8. The summed E-state index contributed by atoms with van der Waals surface area (Å²) in [6.45, 7) is 26.9. The van der Waals surface area contributed by atoms with Crippen LogP contribution in [0.5, 0.6) is 0 Å². The van der Waals surface area contributed by atoms with Crippen molar-refractivity contribution in [3.8, 4) is 0 Å². The first kappa shape index (κ1) is 30.2. The number of rotatable bonds is 21. The first-order valence-electron chi connectivity index (χ1n) is 12.9. The molecule has 0 aromatic rings. The van der Waals surface area contributed by atoms with E-state index in [0.717, 1.165) is 39.4 Å². The highest BCUT2D eigenvalue weighted by Crippen LogP contribution is 2.28. The molecule has 0 aliphatic heterocycles. The van der Waals surface area contributed by atoms with Crippen molar-refractivity contribution in [3.63, 3.8) is 0 Å². The fourth-order valence-corrected chi connectivity index (χ4v) is 10.6. The Morgan fingerprint density at radius 3 is 1.83 bits per heavy atom. The molecule has 0 saturated heterocycles. The van der Waals surface area contributed by atoms with Crippen LogP contribution in [-0.2, 0) is 9.47 Å². The predicted octanol–water partition coefficient (Wildman–Crippen LogP) is 3.95. The Bertz CT molecular complexity index is 369. The zero-order valence-corrected chi connectivity index (χ0v) is 24.2. The van der Waals surface area contributed by atoms with Crippen LogP contribution in [0, 0.1) is 0 Å². The largest absolute Gasteiger partial charge is 0.357 e. The van der Waals surface area contributed by atoms with E-state index in [-0.39, 0.29) is 15.4 Å². The molecular formula is C23H55N3O2Si2. The summed E-state index contributed by atoms with van der Waals surface area (Å²) in [5.41, 5.74) is 0. The average Bonchev–Trinajstić information content (AvgIpc) is 2.77. The second-order valence-corrected chi connectivity index (χ2v) is 15.3. The molecule has 0 heterocycles. The molecule has 0 rings (SSSR count). The molecule has 0 fully saturated rings. The molecule has 182 valence electrons. The monoisotopic (exact) mass is 461 g/mol. The van der Waals surface area contributed by atoms with Gasteiger partial charge in [0.15, 0.2) is 0 Å². The molecule has 1 unspecified atom stereocenters. The fourth-order valence-electron chi connectivity index (χ4n) is 4.68. The van der Waals surface area contributed by atoms with Crippen molar-refractivity contribution in [3.05, 3.63) is 0 Å². The summed E-state index contributed by atoms with van der Waals surface area (Å²) in [6.07, 6.45) is 1.23. The van der Waals surface area contributed by atoms with Crippen LogP contribution in [-0.4, -0.2) is 91.7 Å². The van der Waals surface area contributed by atoms with Crippen LogP contribution in [0.25, 0.3) is 0 Å². The molecule has 0 spiro atoms. The third-order valence-corrected chi connectivity index (χ3v) is 14.4. The summed E-state index contributed by atoms with van der Waals surface area (Å²) < 4.78 is 14.5. The lowest BCUT2D eigenvalue weighted by atomic mass is 10.2. The molecule has 0 saturated carbocycles. The van der Waals surface area contributed by atoms with Gasteiger partial charge in [-0.1, -0.05) is 41.5 Å². The van der Waals surface area contributed by atoms with Gasteiger partial charge in [-0.2, -0.15) is 0 Å². The maximum absolute atomic E-state index is 5.74. The van der Waals surface area contributed by atoms with Crippen LogP contribution < -0.4 is 5.32 Å². The molecule has 1 atom stereocenters. The third kappa shape index (κ3) is 10.7. The van der Waals surface area contributed by atoms with Gasteiger partial charge < -0.3 is 24.3 Å². The quantitative estimate of drug-likeness (QED) is 0.159. The van der Waals surface area contributed by atoms with Gasteiger partial charge in [0.1, 0.15) is 14.1 Å². The van der Waals surface area contributed by atoms with E-state index >= 15 is 0 Å². The summed E-state index contributed by atoms with van der Waals surface area (Å²) in [5.74, 6) is 0.0923. The Morgan fingerprint density at radius 1 is 0.833 bits per heavy atom.